The van der Waals surface area contributed by atoms with Crippen molar-refractivity contribution in [3.63, 3.8) is 0 Å². The molecule has 156 valence electrons. The number of rotatable bonds is 4. The number of fused-ring (bicyclic) bond motifs is 4. The molecule has 7 nitrogen and oxygen atoms in total. The van der Waals surface area contributed by atoms with Gasteiger partial charge in [0.2, 0.25) is 0 Å². The lowest BCUT2D eigenvalue weighted by atomic mass is 9.70. The highest BCUT2D eigenvalue weighted by atomic mass is 32.2. The third-order valence-electron chi connectivity index (χ3n) is 6.56. The van der Waals surface area contributed by atoms with Crippen molar-refractivity contribution < 1.29 is 23.0 Å². The van der Waals surface area contributed by atoms with E-state index in [4.69, 9.17) is 9.47 Å². The summed E-state index contributed by atoms with van der Waals surface area (Å²) < 4.78 is 41.5. The van der Waals surface area contributed by atoms with Crippen molar-refractivity contribution in [1.29, 1.82) is 0 Å². The number of hydrogen-bond donors (Lipinski definition) is 1. The number of ether oxygens (including phenoxy) is 2. The molecule has 1 aromatic rings. The van der Waals surface area contributed by atoms with Gasteiger partial charge in [0.05, 0.1) is 6.10 Å². The van der Waals surface area contributed by atoms with Gasteiger partial charge in [0.15, 0.2) is 11.5 Å². The average Bonchev–Trinajstić information content (AvgIpc) is 2.70. The lowest BCUT2D eigenvalue weighted by molar-refractivity contribution is -0.146. The summed E-state index contributed by atoms with van der Waals surface area (Å²) in [5.41, 5.74) is 0.417. The molecule has 0 aliphatic carbocycles. The first kappa shape index (κ1) is 19.9. The molecule has 2 saturated heterocycles. The quantitative estimate of drug-likeness (QED) is 0.826. The zero-order valence-electron chi connectivity index (χ0n) is 16.6. The SMILES string of the molecule is CCN(CC)S(=O)(=O)N1CCC2(CC1)Oc1c(O)cccc1[C@H]1OCCC[C@@H]12. The Labute approximate surface area is 167 Å². The molecule has 0 saturated carbocycles. The van der Waals surface area contributed by atoms with Crippen molar-refractivity contribution in [2.75, 3.05) is 32.8 Å². The third-order valence-corrected chi connectivity index (χ3v) is 8.75. The van der Waals surface area contributed by atoms with Crippen LogP contribution in [-0.2, 0) is 14.9 Å². The first-order valence-electron chi connectivity index (χ1n) is 10.3. The molecule has 1 aromatic carbocycles. The second-order valence-corrected chi connectivity index (χ2v) is 9.82. The molecule has 4 rings (SSSR count). The van der Waals surface area contributed by atoms with E-state index in [1.165, 1.54) is 4.31 Å². The molecule has 0 bridgehead atoms. The minimum atomic E-state index is -3.45. The maximum absolute atomic E-state index is 12.9. The van der Waals surface area contributed by atoms with E-state index in [1.807, 2.05) is 26.0 Å². The molecule has 3 heterocycles. The number of piperidine rings is 1. The second-order valence-electron chi connectivity index (χ2n) is 7.89. The van der Waals surface area contributed by atoms with Gasteiger partial charge in [-0.3, -0.25) is 0 Å². The average molecular weight is 411 g/mol. The first-order chi connectivity index (χ1) is 13.4. The summed E-state index contributed by atoms with van der Waals surface area (Å²) in [5.74, 6) is 0.808. The van der Waals surface area contributed by atoms with Crippen LogP contribution in [-0.4, -0.2) is 60.5 Å². The molecule has 0 amide bonds. The van der Waals surface area contributed by atoms with E-state index < -0.39 is 15.8 Å². The van der Waals surface area contributed by atoms with Gasteiger partial charge in [-0.15, -0.1) is 0 Å². The number of phenols is 1. The van der Waals surface area contributed by atoms with Gasteiger partial charge in [-0.05, 0) is 18.9 Å². The summed E-state index contributed by atoms with van der Waals surface area (Å²) in [7, 11) is -3.45. The van der Waals surface area contributed by atoms with Gasteiger partial charge in [-0.2, -0.15) is 17.0 Å². The molecule has 1 spiro atoms. The highest BCUT2D eigenvalue weighted by Gasteiger charge is 2.54. The van der Waals surface area contributed by atoms with Crippen LogP contribution in [0.1, 0.15) is 51.2 Å². The van der Waals surface area contributed by atoms with Gasteiger partial charge in [0.25, 0.3) is 10.2 Å². The summed E-state index contributed by atoms with van der Waals surface area (Å²) >= 11 is 0. The van der Waals surface area contributed by atoms with Crippen molar-refractivity contribution in [3.8, 4) is 11.5 Å². The fourth-order valence-corrected chi connectivity index (χ4v) is 6.69. The predicted molar refractivity (Wildman–Crippen MR) is 106 cm³/mol. The summed E-state index contributed by atoms with van der Waals surface area (Å²) in [5, 5.41) is 10.4. The van der Waals surface area contributed by atoms with Gasteiger partial charge in [0.1, 0.15) is 5.60 Å². The molecule has 3 aliphatic rings. The molecule has 8 heteroatoms. The summed E-state index contributed by atoms with van der Waals surface area (Å²) in [6.07, 6.45) is 3.07. The van der Waals surface area contributed by atoms with E-state index in [9.17, 15) is 13.5 Å². The Kier molecular flexibility index (Phi) is 5.33. The highest BCUT2D eigenvalue weighted by Crippen LogP contribution is 2.55. The fraction of sp³-hybridized carbons (Fsp3) is 0.700. The van der Waals surface area contributed by atoms with Crippen LogP contribution in [0, 0.1) is 5.92 Å². The lowest BCUT2D eigenvalue weighted by Gasteiger charge is -2.53. The Morgan fingerprint density at radius 2 is 1.96 bits per heavy atom. The molecule has 3 aliphatic heterocycles. The second kappa shape index (κ2) is 7.48. The largest absolute Gasteiger partial charge is 0.504 e. The van der Waals surface area contributed by atoms with E-state index >= 15 is 0 Å². The third kappa shape index (κ3) is 3.10. The van der Waals surface area contributed by atoms with Crippen molar-refractivity contribution >= 4 is 10.2 Å². The zero-order valence-corrected chi connectivity index (χ0v) is 17.5. The Morgan fingerprint density at radius 1 is 1.25 bits per heavy atom. The number of nitrogens with zero attached hydrogens (tertiary/aromatic N) is 2. The van der Waals surface area contributed by atoms with Crippen LogP contribution < -0.4 is 4.74 Å². The smallest absolute Gasteiger partial charge is 0.281 e. The maximum atomic E-state index is 12.9. The molecule has 0 aromatic heterocycles. The monoisotopic (exact) mass is 410 g/mol. The van der Waals surface area contributed by atoms with Gasteiger partial charge >= 0.3 is 0 Å². The molecule has 1 N–H and O–H groups in total. The van der Waals surface area contributed by atoms with Crippen molar-refractivity contribution in [2.45, 2.75) is 51.2 Å². The van der Waals surface area contributed by atoms with E-state index in [2.05, 4.69) is 0 Å². The summed E-state index contributed by atoms with van der Waals surface area (Å²) in [6, 6.07) is 5.42. The molecule has 0 radical (unpaired) electrons. The molecule has 2 fully saturated rings. The molecule has 2 atom stereocenters. The molecular formula is C20H30N2O5S. The van der Waals surface area contributed by atoms with Gasteiger partial charge in [-0.25, -0.2) is 0 Å². The fourth-order valence-electron chi connectivity index (χ4n) is 5.06. The van der Waals surface area contributed by atoms with Crippen LogP contribution in [0.3, 0.4) is 0 Å². The summed E-state index contributed by atoms with van der Waals surface area (Å²) in [6.45, 7) is 6.21. The minimum absolute atomic E-state index is 0.101. The number of phenolic OH excluding ortho intramolecular Hbond substituents is 1. The molecule has 0 unspecified atom stereocenters. The minimum Gasteiger partial charge on any atom is -0.504 e. The van der Waals surface area contributed by atoms with Gasteiger partial charge in [0, 0.05) is 57.1 Å². The number of aromatic hydroxyl groups is 1. The van der Waals surface area contributed by atoms with E-state index in [-0.39, 0.29) is 17.8 Å². The van der Waals surface area contributed by atoms with Gasteiger partial charge in [-0.1, -0.05) is 26.0 Å². The Hall–Kier alpha value is -1.35. The van der Waals surface area contributed by atoms with Gasteiger partial charge < -0.3 is 14.6 Å². The van der Waals surface area contributed by atoms with Crippen LogP contribution in [0.2, 0.25) is 0 Å². The zero-order chi connectivity index (χ0) is 19.9. The topological polar surface area (TPSA) is 79.3 Å². The predicted octanol–water partition coefficient (Wildman–Crippen LogP) is 2.67. The lowest BCUT2D eigenvalue weighted by Crippen LogP contribution is -2.59. The van der Waals surface area contributed by atoms with Crippen LogP contribution in [0.15, 0.2) is 18.2 Å². The molecule has 28 heavy (non-hydrogen) atoms. The van der Waals surface area contributed by atoms with Crippen molar-refractivity contribution in [1.82, 2.24) is 8.61 Å². The van der Waals surface area contributed by atoms with Crippen molar-refractivity contribution in [3.05, 3.63) is 23.8 Å². The van der Waals surface area contributed by atoms with Crippen LogP contribution in [0.4, 0.5) is 0 Å². The van der Waals surface area contributed by atoms with E-state index in [0.29, 0.717) is 51.4 Å². The van der Waals surface area contributed by atoms with E-state index in [0.717, 1.165) is 18.4 Å². The normalized spacial score (nSPS) is 27.2. The Morgan fingerprint density at radius 3 is 2.64 bits per heavy atom. The standard InChI is InChI=1S/C20H30N2O5S/c1-3-21(4-2)28(24,25)22-12-10-20(11-13-22)16-8-6-14-26-18(16)15-7-5-9-17(23)19(15)27-20/h5,7,9,16,18,23H,3-4,6,8,10-14H2,1-2H3/t16-,18+/m0/s1. The van der Waals surface area contributed by atoms with E-state index in [1.54, 1.807) is 10.4 Å². The number of para-hydroxylation sites is 1. The Balaban J connectivity index is 1.62. The van der Waals surface area contributed by atoms with Crippen molar-refractivity contribution in [2.24, 2.45) is 5.92 Å². The number of benzene rings is 1. The number of hydrogen-bond acceptors (Lipinski definition) is 5. The van der Waals surface area contributed by atoms with Crippen LogP contribution in [0.25, 0.3) is 0 Å². The van der Waals surface area contributed by atoms with Crippen LogP contribution in [0.5, 0.6) is 11.5 Å². The first-order valence-corrected chi connectivity index (χ1v) is 11.7. The maximum Gasteiger partial charge on any atom is 0.281 e. The summed E-state index contributed by atoms with van der Waals surface area (Å²) in [4.78, 5) is 0. The highest BCUT2D eigenvalue weighted by molar-refractivity contribution is 7.86. The van der Waals surface area contributed by atoms with Crippen LogP contribution >= 0.6 is 0 Å². The Bertz CT molecular complexity index is 816. The molecular weight excluding hydrogens is 380 g/mol.